The minimum Gasteiger partial charge on any atom is -0.324 e. The quantitative estimate of drug-likeness (QED) is 0.801. The number of piperazine rings is 1. The molecule has 1 aliphatic carbocycles. The van der Waals surface area contributed by atoms with Crippen LogP contribution in [0.1, 0.15) is 32.1 Å². The van der Waals surface area contributed by atoms with Crippen molar-refractivity contribution in [1.82, 2.24) is 14.7 Å². The van der Waals surface area contributed by atoms with Crippen LogP contribution in [-0.2, 0) is 0 Å². The predicted octanol–water partition coefficient (Wildman–Crippen LogP) is 0.827. The van der Waals surface area contributed by atoms with Crippen molar-refractivity contribution in [2.24, 2.45) is 5.73 Å². The third-order valence-electron chi connectivity index (χ3n) is 4.72. The van der Waals surface area contributed by atoms with E-state index in [1.807, 2.05) is 0 Å². The fourth-order valence-corrected chi connectivity index (χ4v) is 3.37. The Balaban J connectivity index is 1.68. The molecule has 0 unspecified atom stereocenters. The molecule has 2 aliphatic rings. The zero-order valence-corrected chi connectivity index (χ0v) is 12.9. The van der Waals surface area contributed by atoms with Gasteiger partial charge in [0, 0.05) is 51.4 Å². The molecule has 1 heterocycles. The van der Waals surface area contributed by atoms with Crippen molar-refractivity contribution in [3.8, 4) is 0 Å². The molecule has 0 bridgehead atoms. The molecule has 4 nitrogen and oxygen atoms in total. The Morgan fingerprint density at radius 2 is 1.53 bits per heavy atom. The van der Waals surface area contributed by atoms with Crippen LogP contribution in [0.5, 0.6) is 0 Å². The summed E-state index contributed by atoms with van der Waals surface area (Å²) in [7, 11) is 4.30. The Morgan fingerprint density at radius 1 is 0.947 bits per heavy atom. The molecule has 1 saturated carbocycles. The largest absolute Gasteiger partial charge is 0.324 e. The Morgan fingerprint density at radius 3 is 2.11 bits per heavy atom. The van der Waals surface area contributed by atoms with Crippen molar-refractivity contribution in [3.63, 3.8) is 0 Å². The standard InChI is InChI=1S/C15H32N4/c1-17(2)8-9-18-10-12-19(13-11-18)14-15(16)6-4-3-5-7-15/h3-14,16H2,1-2H3. The molecule has 1 aliphatic heterocycles. The van der Waals surface area contributed by atoms with Crippen LogP contribution in [0.2, 0.25) is 0 Å². The third-order valence-corrected chi connectivity index (χ3v) is 4.72. The highest BCUT2D eigenvalue weighted by atomic mass is 15.3. The minimum atomic E-state index is 0.115. The smallest absolute Gasteiger partial charge is 0.0283 e. The molecule has 0 atom stereocenters. The van der Waals surface area contributed by atoms with Crippen LogP contribution in [0.3, 0.4) is 0 Å². The number of nitrogens with two attached hydrogens (primary N) is 1. The van der Waals surface area contributed by atoms with Crippen LogP contribution in [0.15, 0.2) is 0 Å². The van der Waals surface area contributed by atoms with Crippen molar-refractivity contribution < 1.29 is 0 Å². The number of likely N-dealkylation sites (N-methyl/N-ethyl adjacent to an activating group) is 1. The summed E-state index contributed by atoms with van der Waals surface area (Å²) in [6.07, 6.45) is 6.51. The van der Waals surface area contributed by atoms with Gasteiger partial charge in [0.2, 0.25) is 0 Å². The molecule has 0 radical (unpaired) electrons. The molecule has 2 N–H and O–H groups in total. The number of hydrogen-bond donors (Lipinski definition) is 1. The average Bonchev–Trinajstić information content (AvgIpc) is 2.38. The summed E-state index contributed by atoms with van der Waals surface area (Å²) < 4.78 is 0. The lowest BCUT2D eigenvalue weighted by Gasteiger charge is -2.42. The van der Waals surface area contributed by atoms with Crippen LogP contribution in [0.4, 0.5) is 0 Å². The number of rotatable bonds is 5. The van der Waals surface area contributed by atoms with E-state index in [2.05, 4.69) is 28.8 Å². The lowest BCUT2D eigenvalue weighted by Crippen LogP contribution is -2.56. The maximum absolute atomic E-state index is 6.56. The fourth-order valence-electron chi connectivity index (χ4n) is 3.37. The molecular weight excluding hydrogens is 236 g/mol. The Hall–Kier alpha value is -0.160. The molecule has 0 aromatic rings. The van der Waals surface area contributed by atoms with E-state index in [4.69, 9.17) is 5.73 Å². The van der Waals surface area contributed by atoms with E-state index in [1.165, 1.54) is 71.4 Å². The summed E-state index contributed by atoms with van der Waals surface area (Å²) in [4.78, 5) is 7.45. The van der Waals surface area contributed by atoms with Gasteiger partial charge in [0.15, 0.2) is 0 Å². The number of nitrogens with zero attached hydrogens (tertiary/aromatic N) is 3. The Bertz CT molecular complexity index is 253. The number of hydrogen-bond acceptors (Lipinski definition) is 4. The van der Waals surface area contributed by atoms with Gasteiger partial charge < -0.3 is 10.6 Å². The van der Waals surface area contributed by atoms with E-state index >= 15 is 0 Å². The van der Waals surface area contributed by atoms with Gasteiger partial charge in [-0.3, -0.25) is 9.80 Å². The molecule has 0 aromatic heterocycles. The van der Waals surface area contributed by atoms with Gasteiger partial charge >= 0.3 is 0 Å². The van der Waals surface area contributed by atoms with Gasteiger partial charge in [0.25, 0.3) is 0 Å². The highest BCUT2D eigenvalue weighted by Gasteiger charge is 2.30. The van der Waals surface area contributed by atoms with E-state index in [1.54, 1.807) is 0 Å². The molecule has 1 saturated heterocycles. The van der Waals surface area contributed by atoms with Gasteiger partial charge in [0.05, 0.1) is 0 Å². The van der Waals surface area contributed by atoms with Gasteiger partial charge in [-0.15, -0.1) is 0 Å². The van der Waals surface area contributed by atoms with Gasteiger partial charge in [-0.25, -0.2) is 0 Å². The predicted molar refractivity (Wildman–Crippen MR) is 81.4 cm³/mol. The summed E-state index contributed by atoms with van der Waals surface area (Å²) in [5.41, 5.74) is 6.68. The van der Waals surface area contributed by atoms with Crippen LogP contribution in [0, 0.1) is 0 Å². The van der Waals surface area contributed by atoms with Crippen molar-refractivity contribution in [2.75, 3.05) is 59.9 Å². The zero-order valence-electron chi connectivity index (χ0n) is 12.9. The summed E-state index contributed by atoms with van der Waals surface area (Å²) in [6, 6.07) is 0. The molecule has 0 spiro atoms. The van der Waals surface area contributed by atoms with Crippen LogP contribution < -0.4 is 5.73 Å². The topological polar surface area (TPSA) is 35.7 Å². The van der Waals surface area contributed by atoms with Crippen LogP contribution >= 0.6 is 0 Å². The summed E-state index contributed by atoms with van der Waals surface area (Å²) >= 11 is 0. The van der Waals surface area contributed by atoms with Crippen molar-refractivity contribution in [2.45, 2.75) is 37.6 Å². The van der Waals surface area contributed by atoms with Crippen LogP contribution in [-0.4, -0.2) is 80.1 Å². The zero-order chi connectivity index (χ0) is 13.7. The van der Waals surface area contributed by atoms with Gasteiger partial charge in [0.1, 0.15) is 0 Å². The molecular formula is C15H32N4. The summed E-state index contributed by atoms with van der Waals surface area (Å²) in [6.45, 7) is 8.32. The van der Waals surface area contributed by atoms with E-state index < -0.39 is 0 Å². The minimum absolute atomic E-state index is 0.115. The lowest BCUT2D eigenvalue weighted by atomic mass is 9.82. The third kappa shape index (κ3) is 5.03. The Kier molecular flexibility index (Phi) is 5.63. The second kappa shape index (κ2) is 7.02. The van der Waals surface area contributed by atoms with Crippen molar-refractivity contribution in [1.29, 1.82) is 0 Å². The van der Waals surface area contributed by atoms with E-state index in [0.29, 0.717) is 0 Å². The second-order valence-electron chi connectivity index (χ2n) is 6.84. The molecule has 19 heavy (non-hydrogen) atoms. The van der Waals surface area contributed by atoms with Gasteiger partial charge in [-0.05, 0) is 26.9 Å². The van der Waals surface area contributed by atoms with E-state index in [9.17, 15) is 0 Å². The summed E-state index contributed by atoms with van der Waals surface area (Å²) in [5, 5.41) is 0. The molecule has 0 aromatic carbocycles. The van der Waals surface area contributed by atoms with Crippen molar-refractivity contribution in [3.05, 3.63) is 0 Å². The molecule has 112 valence electrons. The van der Waals surface area contributed by atoms with Gasteiger partial charge in [-0.1, -0.05) is 19.3 Å². The molecule has 2 rings (SSSR count). The fraction of sp³-hybridized carbons (Fsp3) is 1.00. The average molecular weight is 268 g/mol. The highest BCUT2D eigenvalue weighted by molar-refractivity contribution is 4.91. The lowest BCUT2D eigenvalue weighted by molar-refractivity contribution is 0.0950. The maximum atomic E-state index is 6.56. The van der Waals surface area contributed by atoms with Crippen molar-refractivity contribution >= 4 is 0 Å². The van der Waals surface area contributed by atoms with E-state index in [0.717, 1.165) is 6.54 Å². The van der Waals surface area contributed by atoms with Crippen LogP contribution in [0.25, 0.3) is 0 Å². The molecule has 4 heteroatoms. The SMILES string of the molecule is CN(C)CCN1CCN(CC2(N)CCCCC2)CC1. The Labute approximate surface area is 118 Å². The normalized spacial score (nSPS) is 25.9. The second-order valence-corrected chi connectivity index (χ2v) is 6.84. The van der Waals surface area contributed by atoms with Gasteiger partial charge in [-0.2, -0.15) is 0 Å². The highest BCUT2D eigenvalue weighted by Crippen LogP contribution is 2.26. The molecule has 2 fully saturated rings. The maximum Gasteiger partial charge on any atom is 0.0283 e. The summed E-state index contributed by atoms with van der Waals surface area (Å²) in [5.74, 6) is 0. The first kappa shape index (κ1) is 15.2. The first-order valence-electron chi connectivity index (χ1n) is 7.96. The first-order valence-corrected chi connectivity index (χ1v) is 7.96. The monoisotopic (exact) mass is 268 g/mol. The molecule has 0 amide bonds. The van der Waals surface area contributed by atoms with E-state index in [-0.39, 0.29) is 5.54 Å². The first-order chi connectivity index (χ1) is 9.07.